The summed E-state index contributed by atoms with van der Waals surface area (Å²) in [6.45, 7) is 2.53. The van der Waals surface area contributed by atoms with Crippen molar-refractivity contribution >= 4 is 5.96 Å². The van der Waals surface area contributed by atoms with Gasteiger partial charge in [0.2, 0.25) is 5.88 Å². The minimum Gasteiger partial charge on any atom is -0.481 e. The summed E-state index contributed by atoms with van der Waals surface area (Å²) in [4.78, 5) is 44.2. The number of rotatable bonds is 5. The van der Waals surface area contributed by atoms with Crippen molar-refractivity contribution in [2.24, 2.45) is 10.9 Å². The van der Waals surface area contributed by atoms with Crippen LogP contribution in [0.2, 0.25) is 0 Å². The highest BCUT2D eigenvalue weighted by molar-refractivity contribution is 5.84. The van der Waals surface area contributed by atoms with Gasteiger partial charge in [0, 0.05) is 24.1 Å². The summed E-state index contributed by atoms with van der Waals surface area (Å²) in [6.07, 6.45) is 0.359. The number of H-pyrrole nitrogens is 2. The van der Waals surface area contributed by atoms with E-state index in [1.54, 1.807) is 0 Å². The molecule has 2 aromatic heterocycles. The van der Waals surface area contributed by atoms with Crippen molar-refractivity contribution in [2.75, 3.05) is 20.8 Å². The number of aromatic nitrogens is 4. The number of aliphatic imine (C=N–C) groups is 1. The molecular weight excluding hydrogens is 446 g/mol. The van der Waals surface area contributed by atoms with Gasteiger partial charge >= 0.3 is 11.7 Å². The van der Waals surface area contributed by atoms with Gasteiger partial charge < -0.3 is 34.9 Å². The van der Waals surface area contributed by atoms with E-state index >= 15 is 0 Å². The van der Waals surface area contributed by atoms with Gasteiger partial charge in [0.15, 0.2) is 11.6 Å². The molecule has 0 radical (unpaired) electrons. The van der Waals surface area contributed by atoms with E-state index in [1.807, 2.05) is 6.92 Å². The number of hydrogen-bond donors (Lipinski definition) is 5. The number of guanidine groups is 1. The maximum absolute atomic E-state index is 12.3. The SMILES string of the molecule is COc1cc([C@@](O)(c2cc(=O)[nH]c(=O)[nH]2)[C@H]2C[C@H]3C[C@H](O)[C@H](C)[C@H]4CN=C(N2)N34)nc(OC)n1. The van der Waals surface area contributed by atoms with Gasteiger partial charge in [-0.25, -0.2) is 4.79 Å². The van der Waals surface area contributed by atoms with E-state index in [9.17, 15) is 19.8 Å². The van der Waals surface area contributed by atoms with Crippen molar-refractivity contribution in [1.29, 1.82) is 0 Å². The summed E-state index contributed by atoms with van der Waals surface area (Å²) < 4.78 is 10.4. The molecule has 2 saturated heterocycles. The fraction of sp³-hybridized carbons (Fsp3) is 0.571. The Bertz CT molecular complexity index is 1190. The van der Waals surface area contributed by atoms with Crippen molar-refractivity contribution in [1.82, 2.24) is 30.2 Å². The summed E-state index contributed by atoms with van der Waals surface area (Å²) >= 11 is 0. The van der Waals surface area contributed by atoms with E-state index in [1.165, 1.54) is 20.3 Å². The zero-order chi connectivity index (χ0) is 24.2. The molecule has 5 rings (SSSR count). The number of aliphatic hydroxyl groups is 2. The lowest BCUT2D eigenvalue weighted by Crippen LogP contribution is -2.68. The minimum absolute atomic E-state index is 0.0501. The van der Waals surface area contributed by atoms with Crippen LogP contribution in [0.1, 0.15) is 31.2 Å². The molecule has 2 aromatic rings. The Labute approximate surface area is 193 Å². The molecule has 0 aromatic carbocycles. The number of methoxy groups -OCH3 is 2. The van der Waals surface area contributed by atoms with Gasteiger partial charge in [-0.2, -0.15) is 9.97 Å². The molecule has 6 atom stereocenters. The second-order valence-corrected chi connectivity index (χ2v) is 8.94. The van der Waals surface area contributed by atoms with Gasteiger partial charge in [0.05, 0.1) is 50.3 Å². The molecule has 5 heterocycles. The largest absolute Gasteiger partial charge is 0.481 e. The highest BCUT2D eigenvalue weighted by Crippen LogP contribution is 2.41. The number of aliphatic hydroxyl groups excluding tert-OH is 1. The van der Waals surface area contributed by atoms with Crippen LogP contribution in [0.5, 0.6) is 11.9 Å². The molecule has 3 aliphatic rings. The second-order valence-electron chi connectivity index (χ2n) is 8.94. The van der Waals surface area contributed by atoms with E-state index < -0.39 is 29.0 Å². The Balaban J connectivity index is 1.66. The van der Waals surface area contributed by atoms with Gasteiger partial charge in [-0.05, 0) is 12.8 Å². The average Bonchev–Trinajstić information content (AvgIpc) is 3.26. The first kappa shape index (κ1) is 22.3. The number of aromatic amines is 2. The molecule has 34 heavy (non-hydrogen) atoms. The quantitative estimate of drug-likeness (QED) is 0.335. The summed E-state index contributed by atoms with van der Waals surface area (Å²) in [5.41, 5.74) is -3.45. The molecule has 0 spiro atoms. The average molecular weight is 473 g/mol. The van der Waals surface area contributed by atoms with E-state index in [2.05, 4.69) is 35.1 Å². The second kappa shape index (κ2) is 8.09. The molecule has 13 heteroatoms. The highest BCUT2D eigenvalue weighted by atomic mass is 16.5. The van der Waals surface area contributed by atoms with Crippen molar-refractivity contribution in [3.8, 4) is 11.9 Å². The summed E-state index contributed by atoms with van der Waals surface area (Å²) in [7, 11) is 2.79. The molecule has 0 amide bonds. The lowest BCUT2D eigenvalue weighted by Gasteiger charge is -2.52. The van der Waals surface area contributed by atoms with E-state index in [4.69, 9.17) is 9.47 Å². The van der Waals surface area contributed by atoms with Crippen LogP contribution in [0.15, 0.2) is 26.7 Å². The maximum atomic E-state index is 12.3. The van der Waals surface area contributed by atoms with Gasteiger partial charge in [-0.1, -0.05) is 6.92 Å². The van der Waals surface area contributed by atoms with Crippen molar-refractivity contribution in [2.45, 2.75) is 49.6 Å². The highest BCUT2D eigenvalue weighted by Gasteiger charge is 2.53. The zero-order valence-electron chi connectivity index (χ0n) is 19.0. The third kappa shape index (κ3) is 3.42. The smallest absolute Gasteiger partial charge is 0.325 e. The molecule has 2 fully saturated rings. The molecule has 182 valence electrons. The Morgan fingerprint density at radius 1 is 1.15 bits per heavy atom. The van der Waals surface area contributed by atoms with Gasteiger partial charge in [-0.15, -0.1) is 0 Å². The first-order valence-electron chi connectivity index (χ1n) is 11.1. The molecule has 0 bridgehead atoms. The molecule has 0 saturated carbocycles. The predicted octanol–water partition coefficient (Wildman–Crippen LogP) is -1.72. The van der Waals surface area contributed by atoms with Crippen LogP contribution in [0.4, 0.5) is 0 Å². The molecule has 13 nitrogen and oxygen atoms in total. The normalized spacial score (nSPS) is 29.5. The predicted molar refractivity (Wildman–Crippen MR) is 119 cm³/mol. The Hall–Kier alpha value is -3.45. The Morgan fingerprint density at radius 3 is 2.65 bits per heavy atom. The number of hydrogen-bond acceptors (Lipinski definition) is 11. The van der Waals surface area contributed by atoms with E-state index in [-0.39, 0.29) is 41.3 Å². The first-order chi connectivity index (χ1) is 16.2. The monoisotopic (exact) mass is 473 g/mol. The summed E-state index contributed by atoms with van der Waals surface area (Å²) in [5.74, 6) is 0.780. The summed E-state index contributed by atoms with van der Waals surface area (Å²) in [5, 5.41) is 26.2. The van der Waals surface area contributed by atoms with Crippen molar-refractivity contribution in [3.63, 3.8) is 0 Å². The molecule has 0 unspecified atom stereocenters. The van der Waals surface area contributed by atoms with Crippen LogP contribution in [-0.4, -0.2) is 86.0 Å². The third-order valence-corrected chi connectivity index (χ3v) is 7.10. The lowest BCUT2D eigenvalue weighted by molar-refractivity contribution is -0.0364. The molecule has 5 N–H and O–H groups in total. The summed E-state index contributed by atoms with van der Waals surface area (Å²) in [6, 6.07) is 1.66. The molecule has 0 aliphatic carbocycles. The van der Waals surface area contributed by atoms with Crippen LogP contribution >= 0.6 is 0 Å². The number of nitrogens with zero attached hydrogens (tertiary/aromatic N) is 4. The van der Waals surface area contributed by atoms with Crippen LogP contribution < -0.4 is 26.0 Å². The van der Waals surface area contributed by atoms with Gasteiger partial charge in [-0.3, -0.25) is 14.8 Å². The number of nitrogens with one attached hydrogen (secondary N) is 3. The minimum atomic E-state index is -2.00. The number of ether oxygens (including phenoxy) is 2. The third-order valence-electron chi connectivity index (χ3n) is 7.10. The van der Waals surface area contributed by atoms with Crippen molar-refractivity contribution < 1.29 is 19.7 Å². The Kier molecular flexibility index (Phi) is 5.32. The van der Waals surface area contributed by atoms with Crippen LogP contribution in [0.3, 0.4) is 0 Å². The zero-order valence-corrected chi connectivity index (χ0v) is 19.0. The van der Waals surface area contributed by atoms with Crippen LogP contribution in [0.25, 0.3) is 0 Å². The standard InChI is InChI=1S/C21H27N7O6/c1-9-11-8-22-18-23-13(5-10(28(11)18)4-12(9)29)21(32,14-6-16(30)26-19(31)24-14)15-7-17(33-2)27-20(25-15)34-3/h6-7,9-13,29,32H,4-5,8H2,1-3H3,(H,22,23)(H2,24,26,30,31)/t9-,10-,11-,12+,13-,21+/m1/s1. The topological polar surface area (TPSA) is 178 Å². The maximum Gasteiger partial charge on any atom is 0.325 e. The van der Waals surface area contributed by atoms with E-state index in [0.717, 1.165) is 6.07 Å². The van der Waals surface area contributed by atoms with E-state index in [0.29, 0.717) is 25.3 Å². The molecular formula is C21H27N7O6. The fourth-order valence-electron chi connectivity index (χ4n) is 5.30. The van der Waals surface area contributed by atoms with Crippen molar-refractivity contribution in [3.05, 3.63) is 44.4 Å². The first-order valence-corrected chi connectivity index (χ1v) is 11.1. The molecule has 3 aliphatic heterocycles. The lowest BCUT2D eigenvalue weighted by atomic mass is 9.77. The van der Waals surface area contributed by atoms with Gasteiger partial charge in [0.25, 0.3) is 5.56 Å². The fourth-order valence-corrected chi connectivity index (χ4v) is 5.30. The van der Waals surface area contributed by atoms with Gasteiger partial charge in [0.1, 0.15) is 0 Å². The Morgan fingerprint density at radius 2 is 1.94 bits per heavy atom. The van der Waals surface area contributed by atoms with Crippen LogP contribution in [-0.2, 0) is 5.60 Å². The van der Waals surface area contributed by atoms with Crippen LogP contribution in [0, 0.1) is 5.92 Å². The number of piperidine rings is 1.